The molecule has 1 fully saturated rings. The third kappa shape index (κ3) is 3.40. The minimum Gasteiger partial charge on any atom is -0.292 e. The molecule has 0 spiro atoms. The van der Waals surface area contributed by atoms with Crippen molar-refractivity contribution in [2.45, 2.75) is 44.1 Å². The van der Waals surface area contributed by atoms with Gasteiger partial charge in [-0.15, -0.1) is 0 Å². The molecule has 1 aliphatic heterocycles. The van der Waals surface area contributed by atoms with Gasteiger partial charge in [0.15, 0.2) is 5.78 Å². The van der Waals surface area contributed by atoms with E-state index in [1.54, 1.807) is 0 Å². The lowest BCUT2D eigenvalue weighted by Crippen LogP contribution is -2.56. The first-order chi connectivity index (χ1) is 14.6. The Morgan fingerprint density at radius 1 is 0.833 bits per heavy atom. The number of hydrogen-bond donors (Lipinski definition) is 0. The van der Waals surface area contributed by atoms with Gasteiger partial charge >= 0.3 is 0 Å². The number of ketones is 1. The molecular weight excluding hydrogens is 366 g/mol. The summed E-state index contributed by atoms with van der Waals surface area (Å²) in [6.45, 7) is 4.17. The Kier molecular flexibility index (Phi) is 5.04. The van der Waals surface area contributed by atoms with Gasteiger partial charge < -0.3 is 0 Å². The molecule has 0 saturated carbocycles. The van der Waals surface area contributed by atoms with Crippen LogP contribution in [0.15, 0.2) is 78.9 Å². The summed E-state index contributed by atoms with van der Waals surface area (Å²) in [4.78, 5) is 16.1. The largest absolute Gasteiger partial charge is 0.292 e. The number of piperidine rings is 1. The van der Waals surface area contributed by atoms with E-state index < -0.39 is 0 Å². The molecular formula is C28H29NO. The lowest BCUT2D eigenvalue weighted by Gasteiger charge is -2.46. The van der Waals surface area contributed by atoms with E-state index in [0.717, 1.165) is 44.3 Å². The van der Waals surface area contributed by atoms with Gasteiger partial charge in [0, 0.05) is 5.56 Å². The highest BCUT2D eigenvalue weighted by Gasteiger charge is 2.44. The Bertz CT molecular complexity index is 1030. The summed E-state index contributed by atoms with van der Waals surface area (Å²) in [7, 11) is 0. The lowest BCUT2D eigenvalue weighted by molar-refractivity contribution is 0.0439. The maximum Gasteiger partial charge on any atom is 0.183 e. The number of likely N-dealkylation sites (tertiary alicyclic amines) is 1. The first kappa shape index (κ1) is 19.3. The summed E-state index contributed by atoms with van der Waals surface area (Å²) in [6.07, 6.45) is 4.14. The van der Waals surface area contributed by atoms with Gasteiger partial charge in [-0.25, -0.2) is 0 Å². The number of fused-ring (bicyclic) bond motifs is 1. The Morgan fingerprint density at radius 3 is 2.20 bits per heavy atom. The zero-order chi connectivity index (χ0) is 20.6. The van der Waals surface area contributed by atoms with Crippen LogP contribution in [0.2, 0.25) is 0 Å². The van der Waals surface area contributed by atoms with Crippen molar-refractivity contribution in [1.82, 2.24) is 4.90 Å². The molecule has 30 heavy (non-hydrogen) atoms. The number of benzene rings is 3. The fourth-order valence-electron chi connectivity index (χ4n) is 5.35. The summed E-state index contributed by atoms with van der Waals surface area (Å²) < 4.78 is 0. The molecule has 0 amide bonds. The smallest absolute Gasteiger partial charge is 0.183 e. The highest BCUT2D eigenvalue weighted by molar-refractivity contribution is 6.05. The van der Waals surface area contributed by atoms with Crippen LogP contribution in [0, 0.1) is 0 Å². The van der Waals surface area contributed by atoms with Crippen molar-refractivity contribution in [3.8, 4) is 11.1 Å². The quantitative estimate of drug-likeness (QED) is 0.532. The second-order valence-corrected chi connectivity index (χ2v) is 9.01. The maximum absolute atomic E-state index is 13.6. The summed E-state index contributed by atoms with van der Waals surface area (Å²) in [6, 6.07) is 27.7. The number of hydrogen-bond acceptors (Lipinski definition) is 2. The molecule has 2 heteroatoms. The molecule has 0 radical (unpaired) electrons. The van der Waals surface area contributed by atoms with Crippen molar-refractivity contribution in [2.24, 2.45) is 0 Å². The van der Waals surface area contributed by atoms with Crippen LogP contribution in [0.5, 0.6) is 0 Å². The van der Waals surface area contributed by atoms with Crippen LogP contribution >= 0.6 is 0 Å². The minimum atomic E-state index is -0.372. The van der Waals surface area contributed by atoms with Crippen LogP contribution in [-0.2, 0) is 6.42 Å². The minimum absolute atomic E-state index is 0.307. The van der Waals surface area contributed by atoms with Gasteiger partial charge in [0.25, 0.3) is 0 Å². The molecule has 5 rings (SSSR count). The number of carbonyl (C=O) groups is 1. The molecule has 1 unspecified atom stereocenters. The van der Waals surface area contributed by atoms with Gasteiger partial charge in [-0.05, 0) is 73.9 Å². The fourth-order valence-corrected chi connectivity index (χ4v) is 5.35. The molecule has 152 valence electrons. The SMILES string of the molecule is CC1(N2CCC(c3ccccc3)CC2)CCc2cc(-c3ccccc3)ccc2C1=O. The Hall–Kier alpha value is -2.71. The maximum atomic E-state index is 13.6. The summed E-state index contributed by atoms with van der Waals surface area (Å²) in [5.41, 5.74) is 5.62. The number of Topliss-reactive ketones (excluding diaryl/α,β-unsaturated/α-hetero) is 1. The van der Waals surface area contributed by atoms with Crippen molar-refractivity contribution < 1.29 is 4.79 Å². The van der Waals surface area contributed by atoms with Crippen LogP contribution in [0.1, 0.15) is 53.6 Å². The third-order valence-electron chi connectivity index (χ3n) is 7.29. The van der Waals surface area contributed by atoms with E-state index in [-0.39, 0.29) is 5.54 Å². The summed E-state index contributed by atoms with van der Waals surface area (Å²) >= 11 is 0. The Balaban J connectivity index is 1.34. The topological polar surface area (TPSA) is 20.3 Å². The predicted molar refractivity (Wildman–Crippen MR) is 123 cm³/mol. The second-order valence-electron chi connectivity index (χ2n) is 9.01. The average molecular weight is 396 g/mol. The average Bonchev–Trinajstić information content (AvgIpc) is 2.82. The normalized spacial score (nSPS) is 22.6. The molecule has 3 aromatic carbocycles. The first-order valence-electron chi connectivity index (χ1n) is 11.2. The van der Waals surface area contributed by atoms with E-state index in [2.05, 4.69) is 84.6 Å². The van der Waals surface area contributed by atoms with E-state index >= 15 is 0 Å². The van der Waals surface area contributed by atoms with Crippen molar-refractivity contribution in [2.75, 3.05) is 13.1 Å². The molecule has 1 heterocycles. The van der Waals surface area contributed by atoms with E-state index in [9.17, 15) is 4.79 Å². The van der Waals surface area contributed by atoms with Gasteiger partial charge in [0.2, 0.25) is 0 Å². The summed E-state index contributed by atoms with van der Waals surface area (Å²) in [5.74, 6) is 0.923. The number of aryl methyl sites for hydroxylation is 1. The van der Waals surface area contributed by atoms with E-state index in [0.29, 0.717) is 11.7 Å². The summed E-state index contributed by atoms with van der Waals surface area (Å²) in [5, 5.41) is 0. The van der Waals surface area contributed by atoms with Gasteiger partial charge in [-0.3, -0.25) is 9.69 Å². The molecule has 0 N–H and O–H groups in total. The van der Waals surface area contributed by atoms with Gasteiger partial charge in [0.05, 0.1) is 5.54 Å². The van der Waals surface area contributed by atoms with Crippen molar-refractivity contribution in [3.63, 3.8) is 0 Å². The predicted octanol–water partition coefficient (Wildman–Crippen LogP) is 6.12. The highest BCUT2D eigenvalue weighted by atomic mass is 16.1. The van der Waals surface area contributed by atoms with Crippen molar-refractivity contribution in [3.05, 3.63) is 95.6 Å². The van der Waals surface area contributed by atoms with E-state index in [4.69, 9.17) is 0 Å². The molecule has 1 aliphatic carbocycles. The molecule has 3 aromatic rings. The number of carbonyl (C=O) groups excluding carboxylic acids is 1. The molecule has 1 atom stereocenters. The molecule has 1 saturated heterocycles. The number of nitrogens with zero attached hydrogens (tertiary/aromatic N) is 1. The standard InChI is InChI=1S/C28H29NO/c1-28(29-18-15-23(16-19-29)21-8-4-2-5-9-21)17-14-25-20-24(12-13-26(25)27(28)30)22-10-6-3-7-11-22/h2-13,20,23H,14-19H2,1H3. The van der Waals surface area contributed by atoms with Gasteiger partial charge in [0.1, 0.15) is 0 Å². The monoisotopic (exact) mass is 395 g/mol. The van der Waals surface area contributed by atoms with E-state index in [1.165, 1.54) is 22.3 Å². The molecule has 0 aromatic heterocycles. The fraction of sp³-hybridized carbons (Fsp3) is 0.321. The zero-order valence-corrected chi connectivity index (χ0v) is 17.7. The number of rotatable bonds is 3. The Labute approximate surface area is 179 Å². The van der Waals surface area contributed by atoms with Crippen molar-refractivity contribution >= 4 is 5.78 Å². The van der Waals surface area contributed by atoms with Gasteiger partial charge in [-0.2, -0.15) is 0 Å². The van der Waals surface area contributed by atoms with E-state index in [1.807, 2.05) is 6.07 Å². The molecule has 0 bridgehead atoms. The van der Waals surface area contributed by atoms with Crippen LogP contribution in [0.4, 0.5) is 0 Å². The lowest BCUT2D eigenvalue weighted by atomic mass is 9.75. The van der Waals surface area contributed by atoms with Crippen LogP contribution < -0.4 is 0 Å². The Morgan fingerprint density at radius 2 is 1.50 bits per heavy atom. The third-order valence-corrected chi connectivity index (χ3v) is 7.29. The second kappa shape index (κ2) is 7.85. The van der Waals surface area contributed by atoms with Crippen molar-refractivity contribution in [1.29, 1.82) is 0 Å². The highest BCUT2D eigenvalue weighted by Crippen LogP contribution is 2.38. The first-order valence-corrected chi connectivity index (χ1v) is 11.2. The van der Waals surface area contributed by atoms with Crippen LogP contribution in [-0.4, -0.2) is 29.3 Å². The van der Waals surface area contributed by atoms with Crippen LogP contribution in [0.25, 0.3) is 11.1 Å². The molecule has 2 aliphatic rings. The van der Waals surface area contributed by atoms with Crippen LogP contribution in [0.3, 0.4) is 0 Å². The molecule has 2 nitrogen and oxygen atoms in total. The zero-order valence-electron chi connectivity index (χ0n) is 17.7. The van der Waals surface area contributed by atoms with Gasteiger partial charge in [-0.1, -0.05) is 78.9 Å².